The van der Waals surface area contributed by atoms with Gasteiger partial charge in [0.2, 0.25) is 0 Å². The van der Waals surface area contributed by atoms with Crippen molar-refractivity contribution in [3.05, 3.63) is 29.8 Å². The molecule has 1 aromatic rings. The minimum absolute atomic E-state index is 0.215. The van der Waals surface area contributed by atoms with Crippen LogP contribution in [0.15, 0.2) is 24.3 Å². The summed E-state index contributed by atoms with van der Waals surface area (Å²) in [7, 11) is 0. The Kier molecular flexibility index (Phi) is 3.17. The lowest BCUT2D eigenvalue weighted by Crippen LogP contribution is -2.28. The van der Waals surface area contributed by atoms with E-state index in [0.717, 1.165) is 11.3 Å². The Hall–Kier alpha value is -1.02. The molecule has 0 saturated carbocycles. The fourth-order valence-corrected chi connectivity index (χ4v) is 1.24. The fraction of sp³-hybridized carbons (Fsp3) is 0.500. The molecule has 0 aliphatic rings. The third-order valence-corrected chi connectivity index (χ3v) is 1.97. The number of nitrogens with two attached hydrogens (primary N) is 1. The lowest BCUT2D eigenvalue weighted by Gasteiger charge is -2.19. The van der Waals surface area contributed by atoms with E-state index in [0.29, 0.717) is 0 Å². The van der Waals surface area contributed by atoms with Crippen LogP contribution < -0.4 is 10.5 Å². The first-order valence-electron chi connectivity index (χ1n) is 4.95. The normalized spacial score (nSPS) is 11.9. The number of hydrogen-bond acceptors (Lipinski definition) is 2. The van der Waals surface area contributed by atoms with Gasteiger partial charge in [-0.1, -0.05) is 12.1 Å². The summed E-state index contributed by atoms with van der Waals surface area (Å²) in [6.07, 6.45) is 0.215. The van der Waals surface area contributed by atoms with E-state index in [1.165, 1.54) is 0 Å². The van der Waals surface area contributed by atoms with E-state index in [-0.39, 0.29) is 11.6 Å². The highest BCUT2D eigenvalue weighted by Gasteiger charge is 2.13. The van der Waals surface area contributed by atoms with E-state index >= 15 is 0 Å². The first kappa shape index (κ1) is 11.1. The summed E-state index contributed by atoms with van der Waals surface area (Å²) >= 11 is 0. The average Bonchev–Trinajstić information content (AvgIpc) is 2.02. The quantitative estimate of drug-likeness (QED) is 0.801. The van der Waals surface area contributed by atoms with Gasteiger partial charge in [0.25, 0.3) is 0 Å². The van der Waals surface area contributed by atoms with Gasteiger partial charge in [0, 0.05) is 5.54 Å². The summed E-state index contributed by atoms with van der Waals surface area (Å²) < 4.78 is 5.54. The first-order valence-corrected chi connectivity index (χ1v) is 4.95. The van der Waals surface area contributed by atoms with Gasteiger partial charge in [-0.15, -0.1) is 0 Å². The van der Waals surface area contributed by atoms with Gasteiger partial charge >= 0.3 is 0 Å². The predicted octanol–water partition coefficient (Wildman–Crippen LogP) is 2.67. The van der Waals surface area contributed by atoms with Gasteiger partial charge in [0.1, 0.15) is 5.75 Å². The first-order chi connectivity index (χ1) is 6.39. The Morgan fingerprint density at radius 3 is 2.00 bits per heavy atom. The van der Waals surface area contributed by atoms with E-state index in [9.17, 15) is 0 Å². The summed E-state index contributed by atoms with van der Waals surface area (Å²) in [5.41, 5.74) is 6.80. The van der Waals surface area contributed by atoms with Gasteiger partial charge < -0.3 is 10.5 Å². The Morgan fingerprint density at radius 2 is 1.64 bits per heavy atom. The SMILES string of the molecule is CC(C)Oc1ccc(C(C)(C)N)cc1. The van der Waals surface area contributed by atoms with Crippen LogP contribution in [-0.4, -0.2) is 6.10 Å². The molecule has 1 rings (SSSR count). The van der Waals surface area contributed by atoms with E-state index in [1.807, 2.05) is 52.0 Å². The van der Waals surface area contributed by atoms with Crippen molar-refractivity contribution in [1.82, 2.24) is 0 Å². The highest BCUT2D eigenvalue weighted by Crippen LogP contribution is 2.20. The van der Waals surface area contributed by atoms with Crippen LogP contribution in [0.1, 0.15) is 33.3 Å². The molecule has 0 spiro atoms. The fourth-order valence-electron chi connectivity index (χ4n) is 1.24. The van der Waals surface area contributed by atoms with Crippen molar-refractivity contribution >= 4 is 0 Å². The van der Waals surface area contributed by atoms with E-state index < -0.39 is 0 Å². The molecule has 78 valence electrons. The van der Waals surface area contributed by atoms with E-state index in [1.54, 1.807) is 0 Å². The van der Waals surface area contributed by atoms with Crippen molar-refractivity contribution < 1.29 is 4.74 Å². The van der Waals surface area contributed by atoms with Crippen LogP contribution in [0.25, 0.3) is 0 Å². The summed E-state index contributed by atoms with van der Waals surface area (Å²) in [4.78, 5) is 0. The van der Waals surface area contributed by atoms with Crippen LogP contribution in [0.4, 0.5) is 0 Å². The number of rotatable bonds is 3. The van der Waals surface area contributed by atoms with Gasteiger partial charge in [0.05, 0.1) is 6.10 Å². The molecule has 0 atom stereocenters. The number of benzene rings is 1. The topological polar surface area (TPSA) is 35.2 Å². The third kappa shape index (κ3) is 3.04. The smallest absolute Gasteiger partial charge is 0.119 e. The highest BCUT2D eigenvalue weighted by atomic mass is 16.5. The average molecular weight is 193 g/mol. The minimum Gasteiger partial charge on any atom is -0.491 e. The summed E-state index contributed by atoms with van der Waals surface area (Å²) in [5, 5.41) is 0. The second kappa shape index (κ2) is 4.01. The van der Waals surface area contributed by atoms with Gasteiger partial charge in [0.15, 0.2) is 0 Å². The predicted molar refractivity (Wildman–Crippen MR) is 59.4 cm³/mol. The summed E-state index contributed by atoms with van der Waals surface area (Å²) in [5.74, 6) is 0.896. The molecule has 0 radical (unpaired) electrons. The summed E-state index contributed by atoms with van der Waals surface area (Å²) in [6.45, 7) is 8.01. The zero-order chi connectivity index (χ0) is 10.8. The van der Waals surface area contributed by atoms with E-state index in [4.69, 9.17) is 10.5 Å². The van der Waals surface area contributed by atoms with Gasteiger partial charge in [-0.3, -0.25) is 0 Å². The molecule has 0 heterocycles. The molecule has 1 aromatic carbocycles. The van der Waals surface area contributed by atoms with Crippen molar-refractivity contribution in [3.63, 3.8) is 0 Å². The zero-order valence-electron chi connectivity index (χ0n) is 9.37. The van der Waals surface area contributed by atoms with Crippen molar-refractivity contribution in [2.45, 2.75) is 39.3 Å². The van der Waals surface area contributed by atoms with Crippen LogP contribution in [0.5, 0.6) is 5.75 Å². The van der Waals surface area contributed by atoms with E-state index in [2.05, 4.69) is 0 Å². The zero-order valence-corrected chi connectivity index (χ0v) is 9.37. The van der Waals surface area contributed by atoms with Crippen LogP contribution in [0.3, 0.4) is 0 Å². The van der Waals surface area contributed by atoms with Gasteiger partial charge in [-0.05, 0) is 45.4 Å². The van der Waals surface area contributed by atoms with Crippen LogP contribution in [0, 0.1) is 0 Å². The standard InChI is InChI=1S/C12H19NO/c1-9(2)14-11-7-5-10(6-8-11)12(3,4)13/h5-9H,13H2,1-4H3. The molecule has 0 aliphatic carbocycles. The Labute approximate surface area is 86.1 Å². The van der Waals surface area contributed by atoms with Gasteiger partial charge in [-0.2, -0.15) is 0 Å². The molecule has 0 aromatic heterocycles. The molecule has 14 heavy (non-hydrogen) atoms. The Balaban J connectivity index is 2.79. The molecule has 2 N–H and O–H groups in total. The summed E-state index contributed by atoms with van der Waals surface area (Å²) in [6, 6.07) is 7.95. The van der Waals surface area contributed by atoms with Crippen molar-refractivity contribution in [2.75, 3.05) is 0 Å². The monoisotopic (exact) mass is 193 g/mol. The molecule has 0 bridgehead atoms. The maximum absolute atomic E-state index is 5.97. The Bertz CT molecular complexity index is 282. The van der Waals surface area contributed by atoms with Crippen LogP contribution >= 0.6 is 0 Å². The second-order valence-electron chi connectivity index (χ2n) is 4.41. The van der Waals surface area contributed by atoms with Crippen molar-refractivity contribution in [3.8, 4) is 5.75 Å². The number of hydrogen-bond donors (Lipinski definition) is 1. The largest absolute Gasteiger partial charge is 0.491 e. The maximum Gasteiger partial charge on any atom is 0.119 e. The minimum atomic E-state index is -0.281. The van der Waals surface area contributed by atoms with Gasteiger partial charge in [-0.25, -0.2) is 0 Å². The van der Waals surface area contributed by atoms with Crippen molar-refractivity contribution in [1.29, 1.82) is 0 Å². The second-order valence-corrected chi connectivity index (χ2v) is 4.41. The van der Waals surface area contributed by atoms with Crippen LogP contribution in [0.2, 0.25) is 0 Å². The highest BCUT2D eigenvalue weighted by molar-refractivity contribution is 5.30. The molecule has 0 unspecified atom stereocenters. The molecule has 2 nitrogen and oxygen atoms in total. The molecule has 0 saturated heterocycles. The van der Waals surface area contributed by atoms with Crippen molar-refractivity contribution in [2.24, 2.45) is 5.73 Å². The molecule has 0 aliphatic heterocycles. The maximum atomic E-state index is 5.97. The number of ether oxygens (including phenoxy) is 1. The molecular formula is C12H19NO. The lowest BCUT2D eigenvalue weighted by atomic mass is 9.96. The molecule has 0 amide bonds. The van der Waals surface area contributed by atoms with Crippen LogP contribution in [-0.2, 0) is 5.54 Å². The third-order valence-electron chi connectivity index (χ3n) is 1.97. The molecule has 0 fully saturated rings. The Morgan fingerprint density at radius 1 is 1.14 bits per heavy atom. The molecule has 2 heteroatoms. The lowest BCUT2D eigenvalue weighted by molar-refractivity contribution is 0.242. The molecular weight excluding hydrogens is 174 g/mol.